The van der Waals surface area contributed by atoms with Crippen molar-refractivity contribution in [2.75, 3.05) is 5.73 Å². The van der Waals surface area contributed by atoms with Crippen LogP contribution in [-0.4, -0.2) is 5.78 Å². The number of hydrogen-bond acceptors (Lipinski definition) is 2. The zero-order valence-electron chi connectivity index (χ0n) is 9.71. The topological polar surface area (TPSA) is 43.1 Å². The number of anilines is 1. The van der Waals surface area contributed by atoms with Crippen molar-refractivity contribution in [3.8, 4) is 0 Å². The molecule has 0 heterocycles. The van der Waals surface area contributed by atoms with E-state index in [0.29, 0.717) is 21.3 Å². The van der Waals surface area contributed by atoms with Crippen molar-refractivity contribution in [3.05, 3.63) is 63.4 Å². The maximum Gasteiger partial charge on any atom is 0.194 e. The van der Waals surface area contributed by atoms with Gasteiger partial charge in [-0.15, -0.1) is 0 Å². The molecule has 0 bridgehead atoms. The predicted molar refractivity (Wildman–Crippen MR) is 73.1 cm³/mol. The lowest BCUT2D eigenvalue weighted by molar-refractivity contribution is 0.103. The van der Waals surface area contributed by atoms with Crippen molar-refractivity contribution >= 4 is 27.4 Å². The molecule has 2 aromatic carbocycles. The zero-order valence-corrected chi connectivity index (χ0v) is 11.3. The summed E-state index contributed by atoms with van der Waals surface area (Å²) in [5.41, 5.74) is 7.67. The monoisotopic (exact) mass is 307 g/mol. The Balaban J connectivity index is 2.54. The lowest BCUT2D eigenvalue weighted by Gasteiger charge is -2.08. The molecule has 0 unspecified atom stereocenters. The third-order valence-electron chi connectivity index (χ3n) is 2.68. The van der Waals surface area contributed by atoms with Crippen molar-refractivity contribution in [2.24, 2.45) is 0 Å². The smallest absolute Gasteiger partial charge is 0.194 e. The van der Waals surface area contributed by atoms with Gasteiger partial charge in [0, 0.05) is 21.3 Å². The molecule has 2 aromatic rings. The Labute approximate surface area is 113 Å². The van der Waals surface area contributed by atoms with Crippen molar-refractivity contribution in [2.45, 2.75) is 6.92 Å². The molecule has 0 aliphatic rings. The Morgan fingerprint density at radius 2 is 1.89 bits per heavy atom. The van der Waals surface area contributed by atoms with E-state index in [4.69, 9.17) is 5.73 Å². The van der Waals surface area contributed by atoms with Crippen LogP contribution in [0.1, 0.15) is 21.5 Å². The van der Waals surface area contributed by atoms with E-state index in [9.17, 15) is 9.18 Å². The van der Waals surface area contributed by atoms with Gasteiger partial charge in [-0.25, -0.2) is 4.39 Å². The summed E-state index contributed by atoms with van der Waals surface area (Å²) in [6.07, 6.45) is 0. The molecule has 2 rings (SSSR count). The van der Waals surface area contributed by atoms with Crippen molar-refractivity contribution in [1.29, 1.82) is 0 Å². The Morgan fingerprint density at radius 3 is 2.61 bits per heavy atom. The first kappa shape index (κ1) is 12.8. The van der Waals surface area contributed by atoms with E-state index >= 15 is 0 Å². The minimum absolute atomic E-state index is 0.244. The Bertz CT molecular complexity index is 572. The average molecular weight is 308 g/mol. The first-order valence-electron chi connectivity index (χ1n) is 5.35. The van der Waals surface area contributed by atoms with Crippen LogP contribution in [0.15, 0.2) is 40.9 Å². The van der Waals surface area contributed by atoms with E-state index in [2.05, 4.69) is 15.9 Å². The van der Waals surface area contributed by atoms with E-state index in [-0.39, 0.29) is 5.78 Å². The summed E-state index contributed by atoms with van der Waals surface area (Å²) >= 11 is 3.30. The van der Waals surface area contributed by atoms with E-state index in [0.717, 1.165) is 5.56 Å². The van der Waals surface area contributed by atoms with Gasteiger partial charge >= 0.3 is 0 Å². The molecule has 2 N–H and O–H groups in total. The third kappa shape index (κ3) is 2.43. The fourth-order valence-corrected chi connectivity index (χ4v) is 2.13. The van der Waals surface area contributed by atoms with Crippen molar-refractivity contribution in [1.82, 2.24) is 0 Å². The van der Waals surface area contributed by atoms with Crippen molar-refractivity contribution in [3.63, 3.8) is 0 Å². The maximum absolute atomic E-state index is 13.2. The number of nitrogen functional groups attached to an aromatic ring is 1. The van der Waals surface area contributed by atoms with Crippen LogP contribution in [0.4, 0.5) is 10.1 Å². The molecule has 0 atom stereocenters. The molecule has 0 saturated carbocycles. The summed E-state index contributed by atoms with van der Waals surface area (Å²) in [4.78, 5) is 12.3. The zero-order chi connectivity index (χ0) is 13.3. The van der Waals surface area contributed by atoms with Gasteiger partial charge < -0.3 is 5.73 Å². The number of carbonyl (C=O) groups is 1. The van der Waals surface area contributed by atoms with E-state index in [1.807, 2.05) is 0 Å². The van der Waals surface area contributed by atoms with Crippen LogP contribution in [-0.2, 0) is 0 Å². The minimum atomic E-state index is -0.427. The summed E-state index contributed by atoms with van der Waals surface area (Å²) in [7, 11) is 0. The summed E-state index contributed by atoms with van der Waals surface area (Å²) < 4.78 is 13.9. The third-order valence-corrected chi connectivity index (χ3v) is 3.37. The number of nitrogens with two attached hydrogens (primary N) is 1. The number of aryl methyl sites for hydroxylation is 1. The van der Waals surface area contributed by atoms with Crippen LogP contribution in [0, 0.1) is 12.7 Å². The highest BCUT2D eigenvalue weighted by Gasteiger charge is 2.15. The predicted octanol–water partition coefficient (Wildman–Crippen LogP) is 3.71. The molecule has 0 aromatic heterocycles. The summed E-state index contributed by atoms with van der Waals surface area (Å²) in [6, 6.07) is 9.14. The number of rotatable bonds is 2. The minimum Gasteiger partial charge on any atom is -0.399 e. The summed E-state index contributed by atoms with van der Waals surface area (Å²) in [5, 5.41) is 0. The number of hydrogen-bond donors (Lipinski definition) is 1. The van der Waals surface area contributed by atoms with E-state index < -0.39 is 5.82 Å². The molecule has 0 radical (unpaired) electrons. The molecule has 0 fully saturated rings. The SMILES string of the molecule is Cc1ccc(F)cc1C(=O)c1cc(N)ccc1Br. The number of ketones is 1. The second kappa shape index (κ2) is 4.90. The van der Waals surface area contributed by atoms with E-state index in [1.54, 1.807) is 31.2 Å². The second-order valence-electron chi connectivity index (χ2n) is 4.03. The molecule has 0 amide bonds. The van der Waals surface area contributed by atoms with E-state index in [1.165, 1.54) is 12.1 Å². The normalized spacial score (nSPS) is 10.4. The molecule has 4 heteroatoms. The van der Waals surface area contributed by atoms with Crippen LogP contribution in [0.25, 0.3) is 0 Å². The molecular formula is C14H11BrFNO. The second-order valence-corrected chi connectivity index (χ2v) is 4.88. The van der Waals surface area contributed by atoms with Gasteiger partial charge in [0.2, 0.25) is 0 Å². The Kier molecular flexibility index (Phi) is 3.48. The summed E-state index contributed by atoms with van der Waals surface area (Å²) in [6.45, 7) is 1.77. The highest BCUT2D eigenvalue weighted by atomic mass is 79.9. The van der Waals surface area contributed by atoms with Crippen molar-refractivity contribution < 1.29 is 9.18 Å². The maximum atomic E-state index is 13.2. The molecule has 92 valence electrons. The molecule has 0 aliphatic carbocycles. The molecule has 0 spiro atoms. The summed E-state index contributed by atoms with van der Waals surface area (Å²) in [5.74, 6) is -0.671. The van der Waals surface area contributed by atoms with Gasteiger partial charge in [0.25, 0.3) is 0 Å². The molecule has 0 aliphatic heterocycles. The lowest BCUT2D eigenvalue weighted by Crippen LogP contribution is -2.06. The molecule has 0 saturated heterocycles. The fourth-order valence-electron chi connectivity index (χ4n) is 1.70. The fraction of sp³-hybridized carbons (Fsp3) is 0.0714. The van der Waals surface area contributed by atoms with Gasteiger partial charge in [-0.05, 0) is 42.8 Å². The molecular weight excluding hydrogens is 297 g/mol. The van der Waals surface area contributed by atoms with Crippen LogP contribution in [0.2, 0.25) is 0 Å². The molecule has 18 heavy (non-hydrogen) atoms. The lowest BCUT2D eigenvalue weighted by atomic mass is 9.99. The number of carbonyl (C=O) groups excluding carboxylic acids is 1. The number of benzene rings is 2. The number of halogens is 2. The Hall–Kier alpha value is -1.68. The van der Waals surface area contributed by atoms with Gasteiger partial charge in [-0.2, -0.15) is 0 Å². The van der Waals surface area contributed by atoms with Crippen LogP contribution in [0.5, 0.6) is 0 Å². The van der Waals surface area contributed by atoms with Crippen LogP contribution < -0.4 is 5.73 Å². The standard InChI is InChI=1S/C14H11BrFNO/c1-8-2-3-9(16)6-11(8)14(18)12-7-10(17)4-5-13(12)15/h2-7H,17H2,1H3. The first-order valence-corrected chi connectivity index (χ1v) is 6.14. The van der Waals surface area contributed by atoms with Gasteiger partial charge in [0.1, 0.15) is 5.82 Å². The largest absolute Gasteiger partial charge is 0.399 e. The van der Waals surface area contributed by atoms with Crippen LogP contribution in [0.3, 0.4) is 0 Å². The average Bonchev–Trinajstić information content (AvgIpc) is 2.34. The van der Waals surface area contributed by atoms with Gasteiger partial charge in [-0.3, -0.25) is 4.79 Å². The Morgan fingerprint density at radius 1 is 1.17 bits per heavy atom. The molecule has 2 nitrogen and oxygen atoms in total. The highest BCUT2D eigenvalue weighted by Crippen LogP contribution is 2.24. The van der Waals surface area contributed by atoms with Gasteiger partial charge in [0.05, 0.1) is 0 Å². The van der Waals surface area contributed by atoms with Gasteiger partial charge in [0.15, 0.2) is 5.78 Å². The quantitative estimate of drug-likeness (QED) is 0.679. The van der Waals surface area contributed by atoms with Gasteiger partial charge in [-0.1, -0.05) is 22.0 Å². The first-order chi connectivity index (χ1) is 8.49. The highest BCUT2D eigenvalue weighted by molar-refractivity contribution is 9.10. The van der Waals surface area contributed by atoms with Crippen LogP contribution >= 0.6 is 15.9 Å².